The highest BCUT2D eigenvalue weighted by molar-refractivity contribution is 5.81. The predicted octanol–water partition coefficient (Wildman–Crippen LogP) is 2.33. The molecule has 0 spiro atoms. The number of hydrogen-bond acceptors (Lipinski definition) is 5. The molecule has 34 heavy (non-hydrogen) atoms. The average molecular weight is 462 g/mol. The van der Waals surface area contributed by atoms with Crippen LogP contribution in [0.1, 0.15) is 29.3 Å². The van der Waals surface area contributed by atoms with E-state index in [2.05, 4.69) is 26.5 Å². The number of likely N-dealkylation sites (tertiary alicyclic amines) is 1. The molecule has 178 valence electrons. The van der Waals surface area contributed by atoms with Gasteiger partial charge in [-0.05, 0) is 49.6 Å². The number of carbonyl (C=O) groups is 1. The number of nitrogens with zero attached hydrogens (tertiary/aromatic N) is 3. The minimum absolute atomic E-state index is 0.00615. The van der Waals surface area contributed by atoms with Crippen LogP contribution in [0.3, 0.4) is 0 Å². The standard InChI is InChI=1S/C26H31N5O3/c1-17-22(26(29-28-17)19-6-8-21(34-2)9-7-19)13-24(32)27-10-11-30-14-18-12-20(16-30)23-4-3-5-25(33)31(23)15-18/h3-9,18,20H,10-16H2,1-2H3,(H,27,32)(H,28,29)/t18-,20+/m1/s1. The van der Waals surface area contributed by atoms with Crippen molar-refractivity contribution < 1.29 is 9.53 Å². The second-order valence-electron chi connectivity index (χ2n) is 9.39. The number of carbonyl (C=O) groups excluding carboxylic acids is 1. The molecular weight excluding hydrogens is 430 g/mol. The van der Waals surface area contributed by atoms with Gasteiger partial charge in [0.1, 0.15) is 5.75 Å². The molecule has 1 fully saturated rings. The van der Waals surface area contributed by atoms with Crippen molar-refractivity contribution in [3.05, 3.63) is 69.8 Å². The Morgan fingerprint density at radius 3 is 2.79 bits per heavy atom. The monoisotopic (exact) mass is 461 g/mol. The molecule has 0 saturated carbocycles. The molecule has 4 heterocycles. The van der Waals surface area contributed by atoms with Crippen molar-refractivity contribution in [1.29, 1.82) is 0 Å². The van der Waals surface area contributed by atoms with Gasteiger partial charge in [0.15, 0.2) is 0 Å². The molecule has 2 atom stereocenters. The minimum Gasteiger partial charge on any atom is -0.497 e. The summed E-state index contributed by atoms with van der Waals surface area (Å²) in [6.07, 6.45) is 1.42. The van der Waals surface area contributed by atoms with Crippen LogP contribution in [0.25, 0.3) is 11.3 Å². The average Bonchev–Trinajstić information content (AvgIpc) is 3.19. The molecule has 0 unspecified atom stereocenters. The molecule has 3 aromatic rings. The lowest BCUT2D eigenvalue weighted by Gasteiger charge is -2.42. The Morgan fingerprint density at radius 2 is 2.00 bits per heavy atom. The summed E-state index contributed by atoms with van der Waals surface area (Å²) < 4.78 is 7.18. The maximum atomic E-state index is 12.8. The molecular formula is C26H31N5O3. The largest absolute Gasteiger partial charge is 0.497 e. The van der Waals surface area contributed by atoms with Gasteiger partial charge in [-0.15, -0.1) is 0 Å². The lowest BCUT2D eigenvalue weighted by Crippen LogP contribution is -2.48. The summed E-state index contributed by atoms with van der Waals surface area (Å²) in [4.78, 5) is 27.4. The highest BCUT2D eigenvalue weighted by atomic mass is 16.5. The predicted molar refractivity (Wildman–Crippen MR) is 130 cm³/mol. The fourth-order valence-electron chi connectivity index (χ4n) is 5.41. The second kappa shape index (κ2) is 9.46. The molecule has 2 aromatic heterocycles. The Kier molecular flexibility index (Phi) is 6.24. The van der Waals surface area contributed by atoms with E-state index >= 15 is 0 Å². The van der Waals surface area contributed by atoms with E-state index in [1.165, 1.54) is 0 Å². The topological polar surface area (TPSA) is 92.2 Å². The van der Waals surface area contributed by atoms with Gasteiger partial charge in [-0.1, -0.05) is 6.07 Å². The number of amides is 1. The second-order valence-corrected chi connectivity index (χ2v) is 9.39. The third-order valence-corrected chi connectivity index (χ3v) is 7.08. The van der Waals surface area contributed by atoms with Crippen LogP contribution in [0.15, 0.2) is 47.3 Å². The van der Waals surface area contributed by atoms with Gasteiger partial charge in [0.05, 0.1) is 19.2 Å². The van der Waals surface area contributed by atoms with Crippen LogP contribution in [0.4, 0.5) is 0 Å². The van der Waals surface area contributed by atoms with Crippen LogP contribution >= 0.6 is 0 Å². The number of nitrogens with one attached hydrogen (secondary N) is 2. The Balaban J connectivity index is 1.17. The summed E-state index contributed by atoms with van der Waals surface area (Å²) in [6.45, 7) is 6.05. The minimum atomic E-state index is -0.00615. The van der Waals surface area contributed by atoms with E-state index in [0.29, 0.717) is 18.4 Å². The zero-order valence-electron chi connectivity index (χ0n) is 19.7. The van der Waals surface area contributed by atoms with Gasteiger partial charge in [-0.3, -0.25) is 14.7 Å². The number of aryl methyl sites for hydroxylation is 1. The van der Waals surface area contributed by atoms with Crippen LogP contribution in [0.5, 0.6) is 5.75 Å². The summed E-state index contributed by atoms with van der Waals surface area (Å²) in [6, 6.07) is 13.3. The normalized spacial score (nSPS) is 19.5. The Hall–Kier alpha value is -3.39. The molecule has 8 nitrogen and oxygen atoms in total. The Labute approximate surface area is 198 Å². The van der Waals surface area contributed by atoms with E-state index in [1.807, 2.05) is 41.8 Å². The number of aromatic amines is 1. The van der Waals surface area contributed by atoms with Crippen LogP contribution in [-0.4, -0.2) is 58.9 Å². The molecule has 2 aliphatic rings. The van der Waals surface area contributed by atoms with Gasteiger partial charge >= 0.3 is 0 Å². The highest BCUT2D eigenvalue weighted by Crippen LogP contribution is 2.34. The SMILES string of the molecule is COc1ccc(-c2n[nH]c(C)c2CC(=O)NCCN2C[C@H]3C[C@@H](C2)c2cccc(=O)n2C3)cc1. The third kappa shape index (κ3) is 4.50. The maximum Gasteiger partial charge on any atom is 0.250 e. The van der Waals surface area contributed by atoms with E-state index in [0.717, 1.165) is 66.6 Å². The molecule has 8 heteroatoms. The van der Waals surface area contributed by atoms with Crippen molar-refractivity contribution in [3.63, 3.8) is 0 Å². The number of rotatable bonds is 7. The number of pyridine rings is 1. The molecule has 2 bridgehead atoms. The maximum absolute atomic E-state index is 12.8. The van der Waals surface area contributed by atoms with Crippen molar-refractivity contribution >= 4 is 5.91 Å². The molecule has 1 aromatic carbocycles. The first-order valence-corrected chi connectivity index (χ1v) is 11.9. The Morgan fingerprint density at radius 1 is 1.18 bits per heavy atom. The fourth-order valence-corrected chi connectivity index (χ4v) is 5.41. The van der Waals surface area contributed by atoms with E-state index in [-0.39, 0.29) is 17.9 Å². The van der Waals surface area contributed by atoms with Crippen LogP contribution < -0.4 is 15.6 Å². The number of aromatic nitrogens is 3. The molecule has 0 aliphatic carbocycles. The van der Waals surface area contributed by atoms with E-state index in [1.54, 1.807) is 13.2 Å². The number of piperidine rings is 1. The lowest BCUT2D eigenvalue weighted by atomic mass is 9.83. The number of fused-ring (bicyclic) bond motifs is 4. The zero-order valence-corrected chi connectivity index (χ0v) is 19.7. The first kappa shape index (κ1) is 22.4. The summed E-state index contributed by atoms with van der Waals surface area (Å²) in [5.74, 6) is 1.65. The van der Waals surface area contributed by atoms with Gasteiger partial charge in [0.25, 0.3) is 5.56 Å². The van der Waals surface area contributed by atoms with E-state index < -0.39 is 0 Å². The number of methoxy groups -OCH3 is 1. The molecule has 2 aliphatic heterocycles. The van der Waals surface area contributed by atoms with Gasteiger partial charge in [-0.2, -0.15) is 5.10 Å². The van der Waals surface area contributed by atoms with Crippen LogP contribution in [0.2, 0.25) is 0 Å². The quantitative estimate of drug-likeness (QED) is 0.564. The lowest BCUT2D eigenvalue weighted by molar-refractivity contribution is -0.120. The third-order valence-electron chi connectivity index (χ3n) is 7.08. The van der Waals surface area contributed by atoms with Gasteiger partial charge in [-0.25, -0.2) is 0 Å². The molecule has 0 radical (unpaired) electrons. The van der Waals surface area contributed by atoms with Gasteiger partial charge in [0, 0.05) is 67.2 Å². The van der Waals surface area contributed by atoms with Gasteiger partial charge in [0.2, 0.25) is 5.91 Å². The molecule has 2 N–H and O–H groups in total. The first-order chi connectivity index (χ1) is 16.5. The first-order valence-electron chi connectivity index (χ1n) is 11.9. The molecule has 1 saturated heterocycles. The van der Waals surface area contributed by atoms with Crippen LogP contribution in [0, 0.1) is 12.8 Å². The highest BCUT2D eigenvalue weighted by Gasteiger charge is 2.34. The Bertz CT molecular complexity index is 1230. The van der Waals surface area contributed by atoms with Crippen molar-refractivity contribution in [2.45, 2.75) is 32.2 Å². The van der Waals surface area contributed by atoms with E-state index in [9.17, 15) is 9.59 Å². The van der Waals surface area contributed by atoms with Crippen LogP contribution in [-0.2, 0) is 17.8 Å². The number of benzene rings is 1. The van der Waals surface area contributed by atoms with Gasteiger partial charge < -0.3 is 19.5 Å². The number of H-pyrrole nitrogens is 1. The van der Waals surface area contributed by atoms with Crippen molar-refractivity contribution in [1.82, 2.24) is 25.0 Å². The summed E-state index contributed by atoms with van der Waals surface area (Å²) in [5, 5.41) is 10.5. The summed E-state index contributed by atoms with van der Waals surface area (Å²) in [7, 11) is 1.64. The van der Waals surface area contributed by atoms with Crippen molar-refractivity contribution in [2.75, 3.05) is 33.3 Å². The van der Waals surface area contributed by atoms with Crippen molar-refractivity contribution in [3.8, 4) is 17.0 Å². The molecule has 5 rings (SSSR count). The van der Waals surface area contributed by atoms with E-state index in [4.69, 9.17) is 4.74 Å². The van der Waals surface area contributed by atoms with Crippen molar-refractivity contribution in [2.24, 2.45) is 5.92 Å². The zero-order chi connectivity index (χ0) is 23.7. The molecule has 1 amide bonds. The number of ether oxygens (including phenoxy) is 1. The fraction of sp³-hybridized carbons (Fsp3) is 0.423. The summed E-state index contributed by atoms with van der Waals surface area (Å²) >= 11 is 0. The summed E-state index contributed by atoms with van der Waals surface area (Å²) in [5.41, 5.74) is 4.83. The number of hydrogen-bond donors (Lipinski definition) is 2. The smallest absolute Gasteiger partial charge is 0.250 e.